The first-order chi connectivity index (χ1) is 11.8. The van der Waals surface area contributed by atoms with Crippen molar-refractivity contribution in [3.63, 3.8) is 0 Å². The monoisotopic (exact) mass is 339 g/mol. The first-order valence-corrected chi connectivity index (χ1v) is 8.93. The van der Waals surface area contributed by atoms with Gasteiger partial charge in [0.05, 0.1) is 6.04 Å². The van der Waals surface area contributed by atoms with Crippen LogP contribution in [0.25, 0.3) is 0 Å². The molecule has 0 aliphatic carbocycles. The SMILES string of the molecule is CC[C@H](NC(=O)[C@@H](C)Oc1ccc(C)cc1C)c1ccc(C)cc1C. The predicted molar refractivity (Wildman–Crippen MR) is 103 cm³/mol. The molecule has 0 fully saturated rings. The van der Waals surface area contributed by atoms with Gasteiger partial charge >= 0.3 is 0 Å². The van der Waals surface area contributed by atoms with Gasteiger partial charge in [0, 0.05) is 0 Å². The minimum atomic E-state index is -0.541. The van der Waals surface area contributed by atoms with Crippen molar-refractivity contribution < 1.29 is 9.53 Å². The van der Waals surface area contributed by atoms with Gasteiger partial charge in [-0.3, -0.25) is 4.79 Å². The van der Waals surface area contributed by atoms with E-state index >= 15 is 0 Å². The van der Waals surface area contributed by atoms with Crippen molar-refractivity contribution in [2.45, 2.75) is 60.1 Å². The van der Waals surface area contributed by atoms with Crippen molar-refractivity contribution in [2.24, 2.45) is 0 Å². The Balaban J connectivity index is 2.08. The number of nitrogens with one attached hydrogen (secondary N) is 1. The van der Waals surface area contributed by atoms with Crippen LogP contribution in [0.4, 0.5) is 0 Å². The molecule has 0 bridgehead atoms. The van der Waals surface area contributed by atoms with Crippen molar-refractivity contribution >= 4 is 5.91 Å². The van der Waals surface area contributed by atoms with Crippen molar-refractivity contribution in [2.75, 3.05) is 0 Å². The first-order valence-electron chi connectivity index (χ1n) is 8.93. The molecule has 2 aromatic rings. The van der Waals surface area contributed by atoms with E-state index in [1.54, 1.807) is 6.92 Å². The number of rotatable bonds is 6. The normalized spacial score (nSPS) is 13.2. The lowest BCUT2D eigenvalue weighted by Gasteiger charge is -2.23. The second kappa shape index (κ2) is 8.19. The Labute approximate surface area is 151 Å². The van der Waals surface area contributed by atoms with E-state index in [4.69, 9.17) is 4.74 Å². The van der Waals surface area contributed by atoms with E-state index < -0.39 is 6.10 Å². The van der Waals surface area contributed by atoms with Crippen LogP contribution in [-0.4, -0.2) is 12.0 Å². The van der Waals surface area contributed by atoms with Crippen molar-refractivity contribution in [1.82, 2.24) is 5.32 Å². The fourth-order valence-corrected chi connectivity index (χ4v) is 3.08. The van der Waals surface area contributed by atoms with E-state index in [0.717, 1.165) is 17.7 Å². The molecule has 25 heavy (non-hydrogen) atoms. The van der Waals surface area contributed by atoms with Crippen LogP contribution in [0.15, 0.2) is 36.4 Å². The van der Waals surface area contributed by atoms with Gasteiger partial charge in [0.25, 0.3) is 5.91 Å². The summed E-state index contributed by atoms with van der Waals surface area (Å²) in [5.74, 6) is 0.666. The molecule has 0 aliphatic heterocycles. The standard InChI is InChI=1S/C22H29NO2/c1-7-20(19-10-8-14(2)12-16(19)4)23-22(24)18(6)25-21-11-9-15(3)13-17(21)5/h8-13,18,20H,7H2,1-6H3,(H,23,24)/t18-,20+/m1/s1. The van der Waals surface area contributed by atoms with Gasteiger partial charge in [0.2, 0.25) is 0 Å². The van der Waals surface area contributed by atoms with E-state index in [0.29, 0.717) is 0 Å². The Bertz CT molecular complexity index is 752. The van der Waals surface area contributed by atoms with Crippen molar-refractivity contribution in [3.05, 3.63) is 64.2 Å². The average molecular weight is 339 g/mol. The Morgan fingerprint density at radius 1 is 1.00 bits per heavy atom. The van der Waals surface area contributed by atoms with E-state index in [1.165, 1.54) is 22.3 Å². The number of hydrogen-bond acceptors (Lipinski definition) is 2. The van der Waals surface area contributed by atoms with Gasteiger partial charge in [0.15, 0.2) is 6.10 Å². The Kier molecular flexibility index (Phi) is 6.24. The summed E-state index contributed by atoms with van der Waals surface area (Å²) in [7, 11) is 0. The highest BCUT2D eigenvalue weighted by Gasteiger charge is 2.20. The zero-order chi connectivity index (χ0) is 18.6. The van der Waals surface area contributed by atoms with Crippen molar-refractivity contribution in [3.8, 4) is 5.75 Å². The molecular formula is C22H29NO2. The maximum Gasteiger partial charge on any atom is 0.261 e. The van der Waals surface area contributed by atoms with E-state index in [1.807, 2.05) is 26.0 Å². The molecule has 0 aliphatic rings. The molecule has 0 aromatic heterocycles. The number of carbonyl (C=O) groups is 1. The van der Waals surface area contributed by atoms with Gasteiger partial charge < -0.3 is 10.1 Å². The van der Waals surface area contributed by atoms with Gasteiger partial charge in [-0.05, 0) is 63.8 Å². The second-order valence-electron chi connectivity index (χ2n) is 6.86. The lowest BCUT2D eigenvalue weighted by atomic mass is 9.97. The van der Waals surface area contributed by atoms with Crippen LogP contribution in [0.1, 0.15) is 54.1 Å². The fraction of sp³-hybridized carbons (Fsp3) is 0.409. The van der Waals surface area contributed by atoms with Crippen LogP contribution in [0.3, 0.4) is 0 Å². The van der Waals surface area contributed by atoms with Crippen LogP contribution >= 0.6 is 0 Å². The summed E-state index contributed by atoms with van der Waals surface area (Å²) in [5.41, 5.74) is 5.83. The maximum absolute atomic E-state index is 12.6. The minimum Gasteiger partial charge on any atom is -0.481 e. The number of ether oxygens (including phenoxy) is 1. The number of hydrogen-bond donors (Lipinski definition) is 1. The zero-order valence-electron chi connectivity index (χ0n) is 16.1. The summed E-state index contributed by atoms with van der Waals surface area (Å²) in [6, 6.07) is 12.3. The molecule has 2 atom stereocenters. The molecule has 3 nitrogen and oxygen atoms in total. The second-order valence-corrected chi connectivity index (χ2v) is 6.86. The van der Waals surface area contributed by atoms with Gasteiger partial charge in [-0.1, -0.05) is 48.4 Å². The topological polar surface area (TPSA) is 38.3 Å². The molecule has 3 heteroatoms. The molecule has 2 aromatic carbocycles. The summed E-state index contributed by atoms with van der Waals surface area (Å²) in [5, 5.41) is 3.13. The van der Waals surface area contributed by atoms with E-state index in [9.17, 15) is 4.79 Å². The van der Waals surface area contributed by atoms with E-state index in [-0.39, 0.29) is 11.9 Å². The zero-order valence-corrected chi connectivity index (χ0v) is 16.1. The summed E-state index contributed by atoms with van der Waals surface area (Å²) >= 11 is 0. The molecule has 0 unspecified atom stereocenters. The molecule has 0 radical (unpaired) electrons. The molecule has 0 saturated carbocycles. The van der Waals surface area contributed by atoms with Crippen LogP contribution in [0.5, 0.6) is 5.75 Å². The quantitative estimate of drug-likeness (QED) is 0.808. The third-order valence-electron chi connectivity index (χ3n) is 4.53. The molecule has 2 rings (SSSR count). The highest BCUT2D eigenvalue weighted by molar-refractivity contribution is 5.81. The van der Waals surface area contributed by atoms with Gasteiger partial charge in [-0.25, -0.2) is 0 Å². The lowest BCUT2D eigenvalue weighted by Crippen LogP contribution is -2.38. The van der Waals surface area contributed by atoms with Crippen LogP contribution in [0.2, 0.25) is 0 Å². The number of amides is 1. The van der Waals surface area contributed by atoms with E-state index in [2.05, 4.69) is 50.4 Å². The predicted octanol–water partition coefficient (Wildman–Crippen LogP) is 4.96. The van der Waals surface area contributed by atoms with Crippen LogP contribution in [0, 0.1) is 27.7 Å². The Morgan fingerprint density at radius 2 is 1.60 bits per heavy atom. The minimum absolute atomic E-state index is 0.00161. The first kappa shape index (κ1) is 19.0. The van der Waals surface area contributed by atoms with Crippen LogP contribution < -0.4 is 10.1 Å². The number of carbonyl (C=O) groups excluding carboxylic acids is 1. The summed E-state index contributed by atoms with van der Waals surface area (Å²) < 4.78 is 5.88. The third kappa shape index (κ3) is 4.85. The molecule has 1 N–H and O–H groups in total. The molecule has 134 valence electrons. The van der Waals surface area contributed by atoms with Gasteiger partial charge in [0.1, 0.15) is 5.75 Å². The molecule has 0 heterocycles. The number of aryl methyl sites for hydroxylation is 4. The summed E-state index contributed by atoms with van der Waals surface area (Å²) in [6.45, 7) is 12.1. The number of benzene rings is 2. The maximum atomic E-state index is 12.6. The average Bonchev–Trinajstić information content (AvgIpc) is 2.55. The highest BCUT2D eigenvalue weighted by Crippen LogP contribution is 2.23. The molecule has 1 amide bonds. The summed E-state index contributed by atoms with van der Waals surface area (Å²) in [4.78, 5) is 12.6. The largest absolute Gasteiger partial charge is 0.481 e. The Morgan fingerprint density at radius 3 is 2.16 bits per heavy atom. The molecule has 0 saturated heterocycles. The Hall–Kier alpha value is -2.29. The van der Waals surface area contributed by atoms with Gasteiger partial charge in [-0.2, -0.15) is 0 Å². The smallest absolute Gasteiger partial charge is 0.261 e. The van der Waals surface area contributed by atoms with Gasteiger partial charge in [-0.15, -0.1) is 0 Å². The third-order valence-corrected chi connectivity index (χ3v) is 4.53. The lowest BCUT2D eigenvalue weighted by molar-refractivity contribution is -0.128. The molecule has 0 spiro atoms. The summed E-state index contributed by atoms with van der Waals surface area (Å²) in [6.07, 6.45) is 0.299. The van der Waals surface area contributed by atoms with Crippen molar-refractivity contribution in [1.29, 1.82) is 0 Å². The fourth-order valence-electron chi connectivity index (χ4n) is 3.08. The molecular weight excluding hydrogens is 310 g/mol. The van der Waals surface area contributed by atoms with Crippen LogP contribution in [-0.2, 0) is 4.79 Å². The highest BCUT2D eigenvalue weighted by atomic mass is 16.5.